The predicted octanol–water partition coefficient (Wildman–Crippen LogP) is 2.37. The maximum absolute atomic E-state index is 11.8. The molecule has 1 aromatic carbocycles. The van der Waals surface area contributed by atoms with Crippen molar-refractivity contribution < 1.29 is 9.32 Å². The third-order valence-corrected chi connectivity index (χ3v) is 3.08. The largest absolute Gasteiger partial charge is 0.332 e. The van der Waals surface area contributed by atoms with Gasteiger partial charge in [-0.2, -0.15) is 4.98 Å². The van der Waals surface area contributed by atoms with Crippen molar-refractivity contribution >= 4 is 22.9 Å². The lowest BCUT2D eigenvalue weighted by atomic mass is 10.3. The Morgan fingerprint density at radius 2 is 2.15 bits per heavy atom. The molecular weight excluding hydrogens is 276 g/mol. The van der Waals surface area contributed by atoms with E-state index in [9.17, 15) is 4.79 Å². The van der Waals surface area contributed by atoms with Crippen LogP contribution in [0.25, 0.3) is 11.6 Å². The van der Waals surface area contributed by atoms with Gasteiger partial charge in [-0.15, -0.1) is 11.3 Å². The van der Waals surface area contributed by atoms with Gasteiger partial charge in [0, 0.05) is 11.1 Å². The van der Waals surface area contributed by atoms with E-state index in [0.29, 0.717) is 17.4 Å². The SMILES string of the molecule is O=C(Cc1noc(-c2cscn2)n1)Nc1ccccc1. The van der Waals surface area contributed by atoms with Crippen molar-refractivity contribution in [3.8, 4) is 11.6 Å². The zero-order valence-electron chi connectivity index (χ0n) is 10.3. The molecule has 0 spiro atoms. The van der Waals surface area contributed by atoms with Gasteiger partial charge in [-0.05, 0) is 12.1 Å². The van der Waals surface area contributed by atoms with Crippen molar-refractivity contribution in [1.82, 2.24) is 15.1 Å². The second kappa shape index (κ2) is 5.62. The van der Waals surface area contributed by atoms with Crippen molar-refractivity contribution in [3.63, 3.8) is 0 Å². The lowest BCUT2D eigenvalue weighted by molar-refractivity contribution is -0.115. The number of anilines is 1. The first-order chi connectivity index (χ1) is 9.81. The van der Waals surface area contributed by atoms with E-state index in [-0.39, 0.29) is 12.3 Å². The van der Waals surface area contributed by atoms with Gasteiger partial charge in [-0.25, -0.2) is 4.98 Å². The second-order valence-electron chi connectivity index (χ2n) is 3.98. The van der Waals surface area contributed by atoms with E-state index in [0.717, 1.165) is 5.69 Å². The molecule has 3 rings (SSSR count). The van der Waals surface area contributed by atoms with Crippen LogP contribution in [0.5, 0.6) is 0 Å². The Labute approximate surface area is 118 Å². The van der Waals surface area contributed by atoms with Crippen molar-refractivity contribution in [3.05, 3.63) is 47.0 Å². The Hall–Kier alpha value is -2.54. The number of nitrogens with one attached hydrogen (secondary N) is 1. The minimum absolute atomic E-state index is 0.0581. The normalized spacial score (nSPS) is 10.4. The van der Waals surface area contributed by atoms with Crippen LogP contribution in [0, 0.1) is 0 Å². The average molecular weight is 286 g/mol. The lowest BCUT2D eigenvalue weighted by Crippen LogP contribution is -2.15. The summed E-state index contributed by atoms with van der Waals surface area (Å²) in [5.41, 5.74) is 3.04. The maximum Gasteiger partial charge on any atom is 0.277 e. The summed E-state index contributed by atoms with van der Waals surface area (Å²) in [5.74, 6) is 0.469. The van der Waals surface area contributed by atoms with Crippen LogP contribution >= 0.6 is 11.3 Å². The van der Waals surface area contributed by atoms with Crippen LogP contribution in [0.3, 0.4) is 0 Å². The van der Waals surface area contributed by atoms with Crippen LogP contribution < -0.4 is 5.32 Å². The molecule has 1 N–H and O–H groups in total. The summed E-state index contributed by atoms with van der Waals surface area (Å²) in [6.07, 6.45) is 0.0581. The zero-order valence-corrected chi connectivity index (χ0v) is 11.1. The smallest absolute Gasteiger partial charge is 0.277 e. The van der Waals surface area contributed by atoms with Gasteiger partial charge in [-0.3, -0.25) is 4.79 Å². The number of aromatic nitrogens is 3. The molecule has 0 bridgehead atoms. The number of rotatable bonds is 4. The highest BCUT2D eigenvalue weighted by atomic mass is 32.1. The topological polar surface area (TPSA) is 80.9 Å². The van der Waals surface area contributed by atoms with E-state index in [1.165, 1.54) is 11.3 Å². The Morgan fingerprint density at radius 1 is 1.30 bits per heavy atom. The summed E-state index contributed by atoms with van der Waals surface area (Å²) in [6, 6.07) is 9.22. The molecule has 0 saturated carbocycles. The number of thiazole rings is 1. The fraction of sp³-hybridized carbons (Fsp3) is 0.0769. The summed E-state index contributed by atoms with van der Waals surface area (Å²) in [4.78, 5) is 20.0. The molecule has 7 heteroatoms. The number of hydrogen-bond acceptors (Lipinski definition) is 6. The van der Waals surface area contributed by atoms with Gasteiger partial charge in [0.1, 0.15) is 5.69 Å². The first-order valence-corrected chi connectivity index (χ1v) is 6.81. The fourth-order valence-electron chi connectivity index (χ4n) is 1.62. The molecule has 1 amide bonds. The molecule has 0 radical (unpaired) electrons. The molecule has 6 nitrogen and oxygen atoms in total. The summed E-state index contributed by atoms with van der Waals surface area (Å²) in [5, 5.41) is 8.34. The summed E-state index contributed by atoms with van der Waals surface area (Å²) in [6.45, 7) is 0. The Balaban J connectivity index is 1.65. The number of carbonyl (C=O) groups excluding carboxylic acids is 1. The Morgan fingerprint density at radius 3 is 2.90 bits per heavy atom. The van der Waals surface area contributed by atoms with Crippen LogP contribution in [0.2, 0.25) is 0 Å². The molecule has 2 heterocycles. The molecule has 100 valence electrons. The predicted molar refractivity (Wildman–Crippen MR) is 74.2 cm³/mol. The molecule has 0 unspecified atom stereocenters. The van der Waals surface area contributed by atoms with Gasteiger partial charge >= 0.3 is 0 Å². The van der Waals surface area contributed by atoms with Crippen LogP contribution in [0.1, 0.15) is 5.82 Å². The molecule has 20 heavy (non-hydrogen) atoms. The fourth-order valence-corrected chi connectivity index (χ4v) is 2.14. The molecule has 0 atom stereocenters. The van der Waals surface area contributed by atoms with E-state index in [1.54, 1.807) is 10.9 Å². The first-order valence-electron chi connectivity index (χ1n) is 5.87. The Bertz CT molecular complexity index is 694. The lowest BCUT2D eigenvalue weighted by Gasteiger charge is -2.01. The standard InChI is InChI=1S/C13H10N4O2S/c18-12(15-9-4-2-1-3-5-9)6-11-16-13(19-17-11)10-7-20-8-14-10/h1-5,7-8H,6H2,(H,15,18). The zero-order chi connectivity index (χ0) is 13.8. The van der Waals surface area contributed by atoms with E-state index < -0.39 is 0 Å². The third-order valence-electron chi connectivity index (χ3n) is 2.50. The van der Waals surface area contributed by atoms with E-state index >= 15 is 0 Å². The van der Waals surface area contributed by atoms with Gasteiger partial charge in [0.25, 0.3) is 5.89 Å². The number of hydrogen-bond donors (Lipinski definition) is 1. The van der Waals surface area contributed by atoms with Crippen molar-refractivity contribution in [1.29, 1.82) is 0 Å². The highest BCUT2D eigenvalue weighted by molar-refractivity contribution is 7.07. The van der Waals surface area contributed by atoms with E-state index in [1.807, 2.05) is 30.3 Å². The highest BCUT2D eigenvalue weighted by Crippen LogP contribution is 2.16. The summed E-state index contributed by atoms with van der Waals surface area (Å²) in [7, 11) is 0. The van der Waals surface area contributed by atoms with Gasteiger partial charge in [0.05, 0.1) is 11.9 Å². The molecule has 0 fully saturated rings. The second-order valence-corrected chi connectivity index (χ2v) is 4.70. The van der Waals surface area contributed by atoms with Gasteiger partial charge < -0.3 is 9.84 Å². The van der Waals surface area contributed by atoms with Gasteiger partial charge in [0.2, 0.25) is 5.91 Å². The van der Waals surface area contributed by atoms with Crippen LogP contribution in [0.4, 0.5) is 5.69 Å². The number of amides is 1. The van der Waals surface area contributed by atoms with E-state index in [4.69, 9.17) is 4.52 Å². The number of nitrogens with zero attached hydrogens (tertiary/aromatic N) is 3. The maximum atomic E-state index is 11.8. The number of para-hydroxylation sites is 1. The molecule has 0 aliphatic carbocycles. The van der Waals surface area contributed by atoms with Gasteiger partial charge in [0.15, 0.2) is 5.82 Å². The summed E-state index contributed by atoms with van der Waals surface area (Å²) < 4.78 is 5.06. The number of carbonyl (C=O) groups is 1. The third kappa shape index (κ3) is 2.89. The molecular formula is C13H10N4O2S. The van der Waals surface area contributed by atoms with Crippen molar-refractivity contribution in [2.45, 2.75) is 6.42 Å². The molecule has 0 aliphatic rings. The first kappa shape index (κ1) is 12.5. The minimum Gasteiger partial charge on any atom is -0.332 e. The minimum atomic E-state index is -0.193. The average Bonchev–Trinajstić information content (AvgIpc) is 3.10. The van der Waals surface area contributed by atoms with Crippen LogP contribution in [0.15, 0.2) is 45.7 Å². The van der Waals surface area contributed by atoms with Gasteiger partial charge in [-0.1, -0.05) is 23.4 Å². The van der Waals surface area contributed by atoms with Crippen LogP contribution in [-0.4, -0.2) is 21.0 Å². The molecule has 0 saturated heterocycles. The number of benzene rings is 1. The highest BCUT2D eigenvalue weighted by Gasteiger charge is 2.13. The monoisotopic (exact) mass is 286 g/mol. The Kier molecular flexibility index (Phi) is 3.51. The van der Waals surface area contributed by atoms with Crippen LogP contribution in [-0.2, 0) is 11.2 Å². The quantitative estimate of drug-likeness (QED) is 0.796. The summed E-state index contributed by atoms with van der Waals surface area (Å²) >= 11 is 1.44. The van der Waals surface area contributed by atoms with Crippen molar-refractivity contribution in [2.75, 3.05) is 5.32 Å². The van der Waals surface area contributed by atoms with E-state index in [2.05, 4.69) is 20.4 Å². The molecule has 3 aromatic rings. The molecule has 0 aliphatic heterocycles. The molecule has 2 aromatic heterocycles. The van der Waals surface area contributed by atoms with Crippen molar-refractivity contribution in [2.24, 2.45) is 0 Å².